The fraction of sp³-hybridized carbons (Fsp3) is 1.00. The van der Waals surface area contributed by atoms with Crippen molar-refractivity contribution in [2.24, 2.45) is 5.92 Å². The Morgan fingerprint density at radius 1 is 1.07 bits per heavy atom. The van der Waals surface area contributed by atoms with Gasteiger partial charge in [0.2, 0.25) is 0 Å². The molecule has 2 aliphatic heterocycles. The minimum absolute atomic E-state index is 0.625. The van der Waals surface area contributed by atoms with Gasteiger partial charge in [-0.1, -0.05) is 52.4 Å². The Kier molecular flexibility index (Phi) is 3.54. The zero-order valence-corrected chi connectivity index (χ0v) is 9.67. The topological polar surface area (TPSA) is 9.23 Å². The Labute approximate surface area is 88.7 Å². The summed E-state index contributed by atoms with van der Waals surface area (Å²) in [6.45, 7) is 6.09. The van der Waals surface area contributed by atoms with E-state index in [2.05, 4.69) is 13.8 Å². The van der Waals surface area contributed by atoms with Gasteiger partial charge in [-0.25, -0.2) is 0 Å². The summed E-state index contributed by atoms with van der Waals surface area (Å²) < 4.78 is 6.11. The average Bonchev–Trinajstić information content (AvgIpc) is 2.13. The third-order valence-corrected chi connectivity index (χ3v) is 3.85. The number of hydrogen-bond donors (Lipinski definition) is 0. The van der Waals surface area contributed by atoms with Crippen LogP contribution in [-0.4, -0.2) is 13.5 Å². The van der Waals surface area contributed by atoms with Crippen LogP contribution in [0.4, 0.5) is 0 Å². The van der Waals surface area contributed by atoms with E-state index >= 15 is 0 Å². The first-order chi connectivity index (χ1) is 6.77. The molecule has 0 radical (unpaired) electrons. The van der Waals surface area contributed by atoms with Gasteiger partial charge in [-0.05, 0) is 17.6 Å². The normalized spacial score (nSPS) is 32.4. The van der Waals surface area contributed by atoms with Gasteiger partial charge >= 0.3 is 0 Å². The summed E-state index contributed by atoms with van der Waals surface area (Å²) >= 11 is 0. The molecule has 2 heteroatoms. The number of hydrogen-bond acceptors (Lipinski definition) is 1. The van der Waals surface area contributed by atoms with Crippen molar-refractivity contribution in [3.05, 3.63) is 0 Å². The van der Waals surface area contributed by atoms with Crippen LogP contribution >= 0.6 is 0 Å². The summed E-state index contributed by atoms with van der Waals surface area (Å²) in [6, 6.07) is 0. The second-order valence-corrected chi connectivity index (χ2v) is 5.57. The molecular formula is C12H23BO. The highest BCUT2D eigenvalue weighted by atomic mass is 16.4. The highest BCUT2D eigenvalue weighted by molar-refractivity contribution is 6.56. The van der Waals surface area contributed by atoms with Crippen LogP contribution < -0.4 is 0 Å². The molecule has 0 aromatic rings. The van der Waals surface area contributed by atoms with Gasteiger partial charge in [0, 0.05) is 6.61 Å². The first-order valence-corrected chi connectivity index (χ1v) is 6.39. The lowest BCUT2D eigenvalue weighted by molar-refractivity contribution is 0.236. The molecule has 14 heavy (non-hydrogen) atoms. The molecule has 0 unspecified atom stereocenters. The zero-order chi connectivity index (χ0) is 9.97. The second kappa shape index (κ2) is 4.70. The Bertz CT molecular complexity index is 159. The maximum Gasteiger partial charge on any atom is 0.299 e. The molecule has 2 rings (SSSR count). The van der Waals surface area contributed by atoms with Crippen LogP contribution in [-0.2, 0) is 4.65 Å². The lowest BCUT2D eigenvalue weighted by atomic mass is 9.38. The summed E-state index contributed by atoms with van der Waals surface area (Å²) in [6.07, 6.45) is 8.63. The fourth-order valence-corrected chi connectivity index (χ4v) is 3.19. The Hall–Kier alpha value is 0.0249. The first-order valence-electron chi connectivity index (χ1n) is 6.39. The molecule has 0 amide bonds. The van der Waals surface area contributed by atoms with Gasteiger partial charge in [-0.2, -0.15) is 0 Å². The van der Waals surface area contributed by atoms with Gasteiger partial charge in [-0.15, -0.1) is 0 Å². The van der Waals surface area contributed by atoms with Crippen LogP contribution in [0.1, 0.15) is 52.4 Å². The van der Waals surface area contributed by atoms with Crippen LogP contribution in [0.25, 0.3) is 0 Å². The predicted octanol–water partition coefficient (Wildman–Crippen LogP) is 3.76. The minimum atomic E-state index is 0.625. The monoisotopic (exact) mass is 194 g/mol. The smallest absolute Gasteiger partial charge is 0.299 e. The van der Waals surface area contributed by atoms with Crippen molar-refractivity contribution in [2.75, 3.05) is 6.61 Å². The molecule has 0 aliphatic carbocycles. The summed E-state index contributed by atoms with van der Waals surface area (Å²) in [5.41, 5.74) is 0. The molecule has 80 valence electrons. The zero-order valence-electron chi connectivity index (χ0n) is 9.67. The molecule has 0 saturated carbocycles. The molecule has 2 heterocycles. The van der Waals surface area contributed by atoms with Gasteiger partial charge in [-0.3, -0.25) is 0 Å². The number of fused-ring (bicyclic) bond motifs is 2. The molecule has 0 aromatic heterocycles. The minimum Gasteiger partial charge on any atom is -0.435 e. The molecule has 2 aliphatic rings. The SMILES string of the molecule is CC(C)COB1C2CCCC1CCC2. The van der Waals surface area contributed by atoms with Crippen molar-refractivity contribution in [1.82, 2.24) is 0 Å². The molecule has 0 atom stereocenters. The van der Waals surface area contributed by atoms with E-state index in [9.17, 15) is 0 Å². The quantitative estimate of drug-likeness (QED) is 0.621. The van der Waals surface area contributed by atoms with Crippen LogP contribution in [0.2, 0.25) is 11.6 Å². The van der Waals surface area contributed by atoms with Crippen molar-refractivity contribution in [3.8, 4) is 0 Å². The summed E-state index contributed by atoms with van der Waals surface area (Å²) in [5, 5.41) is 0. The van der Waals surface area contributed by atoms with E-state index in [0.29, 0.717) is 12.8 Å². The van der Waals surface area contributed by atoms with E-state index in [1.54, 1.807) is 0 Å². The van der Waals surface area contributed by atoms with Crippen molar-refractivity contribution < 1.29 is 4.65 Å². The highest BCUT2D eigenvalue weighted by Crippen LogP contribution is 2.46. The van der Waals surface area contributed by atoms with Gasteiger partial charge in [0.1, 0.15) is 0 Å². The van der Waals surface area contributed by atoms with Crippen molar-refractivity contribution in [2.45, 2.75) is 64.0 Å². The molecule has 0 spiro atoms. The predicted molar refractivity (Wildman–Crippen MR) is 61.7 cm³/mol. The largest absolute Gasteiger partial charge is 0.435 e. The third-order valence-electron chi connectivity index (χ3n) is 3.85. The van der Waals surface area contributed by atoms with E-state index in [-0.39, 0.29) is 0 Å². The molecule has 2 fully saturated rings. The molecule has 2 saturated heterocycles. The Balaban J connectivity index is 1.88. The van der Waals surface area contributed by atoms with E-state index in [1.807, 2.05) is 0 Å². The van der Waals surface area contributed by atoms with Gasteiger partial charge < -0.3 is 4.65 Å². The molecule has 1 nitrogen and oxygen atoms in total. The van der Waals surface area contributed by atoms with Crippen LogP contribution in [0.15, 0.2) is 0 Å². The summed E-state index contributed by atoms with van der Waals surface area (Å²) in [5.74, 6) is 2.50. The Morgan fingerprint density at radius 2 is 1.57 bits per heavy atom. The van der Waals surface area contributed by atoms with E-state index in [0.717, 1.165) is 18.2 Å². The average molecular weight is 194 g/mol. The van der Waals surface area contributed by atoms with E-state index < -0.39 is 0 Å². The first kappa shape index (κ1) is 10.5. The standard InChI is InChI=1S/C12H23BO/c1-10(2)9-14-13-11-5-3-6-12(13)8-4-7-11/h10-12H,3-9H2,1-2H3. The van der Waals surface area contributed by atoms with Crippen molar-refractivity contribution >= 4 is 6.92 Å². The fourth-order valence-electron chi connectivity index (χ4n) is 3.19. The Morgan fingerprint density at radius 3 is 2.00 bits per heavy atom. The lowest BCUT2D eigenvalue weighted by Gasteiger charge is -2.39. The maximum atomic E-state index is 6.11. The molecule has 0 aromatic carbocycles. The van der Waals surface area contributed by atoms with Crippen molar-refractivity contribution in [1.29, 1.82) is 0 Å². The highest BCUT2D eigenvalue weighted by Gasteiger charge is 2.40. The molecule has 0 N–H and O–H groups in total. The van der Waals surface area contributed by atoms with Gasteiger partial charge in [0.15, 0.2) is 0 Å². The maximum absolute atomic E-state index is 6.11. The molecular weight excluding hydrogens is 171 g/mol. The van der Waals surface area contributed by atoms with Crippen LogP contribution in [0.5, 0.6) is 0 Å². The second-order valence-electron chi connectivity index (χ2n) is 5.57. The summed E-state index contributed by atoms with van der Waals surface area (Å²) in [7, 11) is 0. The van der Waals surface area contributed by atoms with Gasteiger partial charge in [0.05, 0.1) is 0 Å². The van der Waals surface area contributed by atoms with Crippen LogP contribution in [0.3, 0.4) is 0 Å². The third kappa shape index (κ3) is 2.33. The number of rotatable bonds is 3. The van der Waals surface area contributed by atoms with E-state index in [4.69, 9.17) is 4.65 Å². The summed E-state index contributed by atoms with van der Waals surface area (Å²) in [4.78, 5) is 0. The van der Waals surface area contributed by atoms with Gasteiger partial charge in [0.25, 0.3) is 6.92 Å². The van der Waals surface area contributed by atoms with Crippen LogP contribution in [0, 0.1) is 5.92 Å². The van der Waals surface area contributed by atoms with E-state index in [1.165, 1.54) is 38.5 Å². The molecule has 2 bridgehead atoms. The lowest BCUT2D eigenvalue weighted by Crippen LogP contribution is -2.38. The van der Waals surface area contributed by atoms with Crippen molar-refractivity contribution in [3.63, 3.8) is 0 Å².